The zero-order valence-electron chi connectivity index (χ0n) is 14.7. The van der Waals surface area contributed by atoms with E-state index in [0.29, 0.717) is 31.0 Å². The number of hydrogen-bond acceptors (Lipinski definition) is 3. The van der Waals surface area contributed by atoms with Crippen LogP contribution in [0.4, 0.5) is 10.1 Å². The lowest BCUT2D eigenvalue weighted by atomic mass is 9.93. The number of halogens is 1. The van der Waals surface area contributed by atoms with E-state index in [9.17, 15) is 14.0 Å². The molecule has 25 heavy (non-hydrogen) atoms. The third-order valence-electron chi connectivity index (χ3n) is 5.41. The Labute approximate surface area is 148 Å². The third-order valence-corrected chi connectivity index (χ3v) is 5.41. The number of amides is 2. The molecule has 2 aliphatic heterocycles. The maximum absolute atomic E-state index is 13.9. The summed E-state index contributed by atoms with van der Waals surface area (Å²) < 4.78 is 13.9. The van der Waals surface area contributed by atoms with Crippen LogP contribution in [0.25, 0.3) is 0 Å². The molecule has 1 N–H and O–H groups in total. The lowest BCUT2D eigenvalue weighted by Crippen LogP contribution is -2.43. The maximum Gasteiger partial charge on any atom is 0.249 e. The molecule has 1 atom stereocenters. The van der Waals surface area contributed by atoms with Gasteiger partial charge in [-0.05, 0) is 56.8 Å². The van der Waals surface area contributed by atoms with Crippen molar-refractivity contribution in [2.45, 2.75) is 38.1 Å². The fraction of sp³-hybridized carbons (Fsp3) is 0.579. The van der Waals surface area contributed by atoms with Crippen LogP contribution in [0.3, 0.4) is 0 Å². The quantitative estimate of drug-likeness (QED) is 0.888. The molecule has 2 saturated heterocycles. The summed E-state index contributed by atoms with van der Waals surface area (Å²) in [6, 6.07) is 5.79. The first kappa shape index (κ1) is 17.9. The molecule has 0 aliphatic carbocycles. The van der Waals surface area contributed by atoms with E-state index in [1.165, 1.54) is 11.0 Å². The molecule has 0 bridgehead atoms. The van der Waals surface area contributed by atoms with E-state index in [1.807, 2.05) is 0 Å². The fourth-order valence-corrected chi connectivity index (χ4v) is 3.78. The number of para-hydroxylation sites is 1. The van der Waals surface area contributed by atoms with Gasteiger partial charge in [0.1, 0.15) is 11.9 Å². The van der Waals surface area contributed by atoms with E-state index >= 15 is 0 Å². The van der Waals surface area contributed by atoms with Crippen molar-refractivity contribution in [1.29, 1.82) is 0 Å². The maximum atomic E-state index is 13.9. The van der Waals surface area contributed by atoms with Crippen LogP contribution in [0.2, 0.25) is 0 Å². The van der Waals surface area contributed by atoms with Gasteiger partial charge in [0.15, 0.2) is 0 Å². The number of rotatable bonds is 5. The molecule has 2 amide bonds. The van der Waals surface area contributed by atoms with Gasteiger partial charge >= 0.3 is 0 Å². The zero-order valence-corrected chi connectivity index (χ0v) is 14.7. The summed E-state index contributed by atoms with van der Waals surface area (Å²) in [6.07, 6.45) is 4.12. The molecular weight excluding hydrogens is 321 g/mol. The van der Waals surface area contributed by atoms with Gasteiger partial charge in [-0.1, -0.05) is 12.1 Å². The van der Waals surface area contributed by atoms with E-state index in [1.54, 1.807) is 30.1 Å². The second kappa shape index (κ2) is 7.95. The number of likely N-dealkylation sites (N-methyl/N-ethyl adjacent to an activating group) is 1. The molecule has 0 saturated carbocycles. The van der Waals surface area contributed by atoms with E-state index in [2.05, 4.69) is 5.32 Å². The topological polar surface area (TPSA) is 52.7 Å². The molecule has 1 unspecified atom stereocenters. The Hall–Kier alpha value is -1.95. The highest BCUT2D eigenvalue weighted by atomic mass is 19.1. The lowest BCUT2D eigenvalue weighted by molar-refractivity contribution is -0.137. The van der Waals surface area contributed by atoms with Gasteiger partial charge in [0.2, 0.25) is 11.8 Å². The predicted octanol–water partition coefficient (Wildman–Crippen LogP) is 2.17. The molecule has 0 spiro atoms. The van der Waals surface area contributed by atoms with Crippen LogP contribution < -0.4 is 10.2 Å². The van der Waals surface area contributed by atoms with Gasteiger partial charge in [-0.25, -0.2) is 4.39 Å². The van der Waals surface area contributed by atoms with Gasteiger partial charge in [-0.2, -0.15) is 0 Å². The number of carbonyl (C=O) groups excluding carboxylic acids is 2. The fourth-order valence-electron chi connectivity index (χ4n) is 3.78. The smallest absolute Gasteiger partial charge is 0.249 e. The summed E-state index contributed by atoms with van der Waals surface area (Å²) >= 11 is 0. The first-order chi connectivity index (χ1) is 12.1. The van der Waals surface area contributed by atoms with Gasteiger partial charge in [0.05, 0.1) is 5.69 Å². The summed E-state index contributed by atoms with van der Waals surface area (Å²) in [5.41, 5.74) is 0.297. The van der Waals surface area contributed by atoms with Crippen LogP contribution in [0.1, 0.15) is 32.1 Å². The van der Waals surface area contributed by atoms with Gasteiger partial charge in [-0.3, -0.25) is 9.59 Å². The zero-order chi connectivity index (χ0) is 17.8. The van der Waals surface area contributed by atoms with E-state index in [4.69, 9.17) is 0 Å². The number of piperidine rings is 1. The molecule has 1 aromatic carbocycles. The Morgan fingerprint density at radius 3 is 2.72 bits per heavy atom. The standard InChI is InChI=1S/C19H26FN3O2/c1-22(18(24)7-6-14-8-11-21-12-9-14)17-10-13-23(19(17)25)16-5-3-2-4-15(16)20/h2-5,14,17,21H,6-13H2,1H3. The first-order valence-corrected chi connectivity index (χ1v) is 9.10. The Bertz CT molecular complexity index is 631. The number of benzene rings is 1. The van der Waals surface area contributed by atoms with Gasteiger partial charge < -0.3 is 15.1 Å². The van der Waals surface area contributed by atoms with Crippen molar-refractivity contribution in [3.63, 3.8) is 0 Å². The van der Waals surface area contributed by atoms with Gasteiger partial charge in [-0.15, -0.1) is 0 Å². The predicted molar refractivity (Wildman–Crippen MR) is 94.8 cm³/mol. The number of hydrogen-bond donors (Lipinski definition) is 1. The molecule has 2 heterocycles. The van der Waals surface area contributed by atoms with Crippen molar-refractivity contribution in [3.8, 4) is 0 Å². The molecule has 1 aromatic rings. The van der Waals surface area contributed by atoms with Crippen LogP contribution in [0.5, 0.6) is 0 Å². The van der Waals surface area contributed by atoms with Crippen molar-refractivity contribution in [1.82, 2.24) is 10.2 Å². The van der Waals surface area contributed by atoms with Crippen molar-refractivity contribution >= 4 is 17.5 Å². The molecule has 2 aliphatic rings. The van der Waals surface area contributed by atoms with E-state index in [0.717, 1.165) is 32.4 Å². The first-order valence-electron chi connectivity index (χ1n) is 9.10. The minimum Gasteiger partial charge on any atom is -0.334 e. The number of nitrogens with one attached hydrogen (secondary N) is 1. The SMILES string of the molecule is CN(C(=O)CCC1CCNCC1)C1CCN(c2ccccc2F)C1=O. The summed E-state index contributed by atoms with van der Waals surface area (Å²) in [5, 5.41) is 3.32. The normalized spacial score (nSPS) is 21.6. The number of nitrogens with zero attached hydrogens (tertiary/aromatic N) is 2. The Morgan fingerprint density at radius 1 is 1.28 bits per heavy atom. The monoisotopic (exact) mass is 347 g/mol. The van der Waals surface area contributed by atoms with Crippen LogP contribution >= 0.6 is 0 Å². The van der Waals surface area contributed by atoms with Crippen LogP contribution in [-0.4, -0.2) is 49.4 Å². The molecular formula is C19H26FN3O2. The van der Waals surface area contributed by atoms with Crippen molar-refractivity contribution in [2.24, 2.45) is 5.92 Å². The lowest BCUT2D eigenvalue weighted by Gasteiger charge is -2.26. The van der Waals surface area contributed by atoms with Crippen molar-refractivity contribution in [3.05, 3.63) is 30.1 Å². The highest BCUT2D eigenvalue weighted by Crippen LogP contribution is 2.27. The highest BCUT2D eigenvalue weighted by Gasteiger charge is 2.37. The summed E-state index contributed by atoms with van der Waals surface area (Å²) in [5.74, 6) is -0.000683. The summed E-state index contributed by atoms with van der Waals surface area (Å²) in [6.45, 7) is 2.48. The molecule has 136 valence electrons. The molecule has 3 rings (SSSR count). The average molecular weight is 347 g/mol. The molecule has 0 radical (unpaired) electrons. The van der Waals surface area contributed by atoms with Gasteiger partial charge in [0.25, 0.3) is 0 Å². The van der Waals surface area contributed by atoms with Gasteiger partial charge in [0, 0.05) is 20.0 Å². The van der Waals surface area contributed by atoms with Crippen molar-refractivity contribution in [2.75, 3.05) is 31.6 Å². The summed E-state index contributed by atoms with van der Waals surface area (Å²) in [4.78, 5) is 28.2. The second-order valence-electron chi connectivity index (χ2n) is 6.98. The van der Waals surface area contributed by atoms with Crippen molar-refractivity contribution < 1.29 is 14.0 Å². The molecule has 5 nitrogen and oxygen atoms in total. The largest absolute Gasteiger partial charge is 0.334 e. The molecule has 2 fully saturated rings. The third kappa shape index (κ3) is 4.00. The Kier molecular flexibility index (Phi) is 5.68. The summed E-state index contributed by atoms with van der Waals surface area (Å²) in [7, 11) is 1.69. The Morgan fingerprint density at radius 2 is 2.00 bits per heavy atom. The van der Waals surface area contributed by atoms with E-state index < -0.39 is 11.9 Å². The molecule has 0 aromatic heterocycles. The number of carbonyl (C=O) groups is 2. The van der Waals surface area contributed by atoms with Crippen LogP contribution in [0.15, 0.2) is 24.3 Å². The minimum atomic E-state index is -0.486. The highest BCUT2D eigenvalue weighted by molar-refractivity contribution is 6.01. The average Bonchev–Trinajstić information content (AvgIpc) is 3.01. The minimum absolute atomic E-state index is 0.00673. The van der Waals surface area contributed by atoms with Crippen LogP contribution in [-0.2, 0) is 9.59 Å². The Balaban J connectivity index is 1.57. The van der Waals surface area contributed by atoms with Crippen LogP contribution in [0, 0.1) is 11.7 Å². The second-order valence-corrected chi connectivity index (χ2v) is 6.98. The molecule has 6 heteroatoms. The number of anilines is 1. The van der Waals surface area contributed by atoms with E-state index in [-0.39, 0.29) is 11.8 Å².